The minimum absolute atomic E-state index is 0.00743. The summed E-state index contributed by atoms with van der Waals surface area (Å²) in [6.07, 6.45) is 91.9. The number of hydrogen-bond donors (Lipinski definition) is 0. The SMILES string of the molecule is CC/C=C\C/C=C\C/C=C\C/C=C\C/C=C\C/C=C\CCC(=O)OCC(COCCCCCCCCCCCCCCCCCCCCCC)OC(=O)CC/C=C\C/C=C\C/C=C\C/C=C\C/C=C\C/C=C\CC. The summed E-state index contributed by atoms with van der Waals surface area (Å²) in [6, 6.07) is 0. The molecule has 0 aliphatic carbocycles. The smallest absolute Gasteiger partial charge is 0.306 e. The van der Waals surface area contributed by atoms with Gasteiger partial charge in [-0.15, -0.1) is 0 Å². The summed E-state index contributed by atoms with van der Waals surface area (Å²) in [5.41, 5.74) is 0. The largest absolute Gasteiger partial charge is 0.462 e. The van der Waals surface area contributed by atoms with Crippen molar-refractivity contribution in [3.05, 3.63) is 146 Å². The van der Waals surface area contributed by atoms with Crippen molar-refractivity contribution in [3.8, 4) is 0 Å². The highest BCUT2D eigenvalue weighted by atomic mass is 16.6. The van der Waals surface area contributed by atoms with Crippen molar-refractivity contribution in [1.82, 2.24) is 0 Å². The van der Waals surface area contributed by atoms with Gasteiger partial charge in [-0.1, -0.05) is 289 Å². The molecule has 1 atom stereocenters. The lowest BCUT2D eigenvalue weighted by Crippen LogP contribution is -2.30. The summed E-state index contributed by atoms with van der Waals surface area (Å²) in [4.78, 5) is 25.5. The summed E-state index contributed by atoms with van der Waals surface area (Å²) in [5.74, 6) is -0.594. The molecule has 0 N–H and O–H groups in total. The van der Waals surface area contributed by atoms with Crippen LogP contribution >= 0.6 is 0 Å². The Labute approximate surface area is 457 Å². The molecule has 0 radical (unpaired) electrons. The first-order valence-corrected chi connectivity index (χ1v) is 30.4. The third-order valence-electron chi connectivity index (χ3n) is 12.4. The molecule has 5 nitrogen and oxygen atoms in total. The van der Waals surface area contributed by atoms with E-state index in [4.69, 9.17) is 14.2 Å². The Bertz CT molecular complexity index is 1580. The predicted molar refractivity (Wildman–Crippen MR) is 325 cm³/mol. The molecular formula is C69H112O5. The third kappa shape index (κ3) is 60.3. The second-order valence-electron chi connectivity index (χ2n) is 19.5. The van der Waals surface area contributed by atoms with Gasteiger partial charge in [0.25, 0.3) is 0 Å². The van der Waals surface area contributed by atoms with Crippen LogP contribution in [0.15, 0.2) is 146 Å². The second kappa shape index (κ2) is 63.1. The highest BCUT2D eigenvalue weighted by Crippen LogP contribution is 2.15. The van der Waals surface area contributed by atoms with Crippen molar-refractivity contribution in [2.75, 3.05) is 19.8 Å². The van der Waals surface area contributed by atoms with E-state index in [1.807, 2.05) is 12.2 Å². The van der Waals surface area contributed by atoms with Gasteiger partial charge < -0.3 is 14.2 Å². The maximum Gasteiger partial charge on any atom is 0.306 e. The van der Waals surface area contributed by atoms with Crippen molar-refractivity contribution in [3.63, 3.8) is 0 Å². The highest BCUT2D eigenvalue weighted by Gasteiger charge is 2.17. The van der Waals surface area contributed by atoms with Gasteiger partial charge in [0.15, 0.2) is 6.10 Å². The van der Waals surface area contributed by atoms with Gasteiger partial charge in [-0.05, 0) is 96.3 Å². The minimum Gasteiger partial charge on any atom is -0.462 e. The number of rotatable bonds is 54. The summed E-state index contributed by atoms with van der Waals surface area (Å²) in [7, 11) is 0. The Kier molecular flexibility index (Phi) is 59.5. The molecule has 0 aromatic carbocycles. The molecule has 0 rings (SSSR count). The first-order valence-electron chi connectivity index (χ1n) is 30.4. The summed E-state index contributed by atoms with van der Waals surface area (Å²) in [6.45, 7) is 7.45. The lowest BCUT2D eigenvalue weighted by atomic mass is 10.0. The van der Waals surface area contributed by atoms with Gasteiger partial charge in [-0.2, -0.15) is 0 Å². The maximum absolute atomic E-state index is 12.9. The molecule has 0 fully saturated rings. The van der Waals surface area contributed by atoms with Crippen LogP contribution in [-0.2, 0) is 23.8 Å². The standard InChI is InChI=1S/C69H112O5/c1-4-7-10-13-16-19-22-25-28-31-34-37-40-43-46-49-52-55-58-61-64-72-65-67(74-69(71)63-60-57-54-51-48-45-42-39-36-33-30-27-24-21-18-15-12-9-6-3)66-73-68(70)62-59-56-53-50-47-44-41-38-35-32-29-26-23-20-17-14-11-8-5-2/h8-9,11-12,17-18,20-21,26-27,29-30,35-36,38-39,44-45,47-48,53-54,56-57,67H,4-7,10,13-16,19,22-25,28,31-34,37,40-43,46,49-52,55,58-66H2,1-3H3/b11-8-,12-9-,20-17-,21-18-,29-26-,30-27-,38-35-,39-36-,47-44-,48-45-,56-53-,57-54-. The number of ether oxygens (including phenoxy) is 3. The highest BCUT2D eigenvalue weighted by molar-refractivity contribution is 5.70. The molecule has 0 saturated carbocycles. The van der Waals surface area contributed by atoms with Crippen LogP contribution in [0.1, 0.15) is 252 Å². The van der Waals surface area contributed by atoms with E-state index in [1.54, 1.807) is 0 Å². The minimum atomic E-state index is -0.618. The number of unbranched alkanes of at least 4 members (excludes halogenated alkanes) is 19. The summed E-state index contributed by atoms with van der Waals surface area (Å²) >= 11 is 0. The van der Waals surface area contributed by atoms with Crippen LogP contribution in [0.3, 0.4) is 0 Å². The van der Waals surface area contributed by atoms with Crippen LogP contribution in [-0.4, -0.2) is 37.9 Å². The van der Waals surface area contributed by atoms with E-state index in [9.17, 15) is 9.59 Å². The Morgan fingerprint density at radius 3 is 0.892 bits per heavy atom. The monoisotopic (exact) mass is 1020 g/mol. The van der Waals surface area contributed by atoms with Crippen molar-refractivity contribution in [2.45, 2.75) is 258 Å². The van der Waals surface area contributed by atoms with Gasteiger partial charge in [-0.3, -0.25) is 9.59 Å². The molecule has 5 heteroatoms. The second-order valence-corrected chi connectivity index (χ2v) is 19.5. The number of allylic oxidation sites excluding steroid dienone is 24. The fourth-order valence-electron chi connectivity index (χ4n) is 7.97. The predicted octanol–water partition coefficient (Wildman–Crippen LogP) is 21.2. The fourth-order valence-corrected chi connectivity index (χ4v) is 7.97. The molecule has 0 heterocycles. The molecule has 74 heavy (non-hydrogen) atoms. The van der Waals surface area contributed by atoms with Gasteiger partial charge in [0.05, 0.1) is 6.61 Å². The van der Waals surface area contributed by atoms with Gasteiger partial charge >= 0.3 is 11.9 Å². The van der Waals surface area contributed by atoms with E-state index in [2.05, 4.69) is 154 Å². The third-order valence-corrected chi connectivity index (χ3v) is 12.4. The first kappa shape index (κ1) is 69.8. The van der Waals surface area contributed by atoms with Crippen molar-refractivity contribution < 1.29 is 23.8 Å². The molecule has 0 aromatic rings. The average Bonchev–Trinajstić information content (AvgIpc) is 3.40. The quantitative estimate of drug-likeness (QED) is 0.0345. The fraction of sp³-hybridized carbons (Fsp3) is 0.623. The number of carbonyl (C=O) groups is 2. The van der Waals surface area contributed by atoms with Crippen LogP contribution in [0.25, 0.3) is 0 Å². The normalized spacial score (nSPS) is 13.3. The Balaban J connectivity index is 4.50. The van der Waals surface area contributed by atoms with Crippen LogP contribution < -0.4 is 0 Å². The molecule has 1 unspecified atom stereocenters. The Hall–Kier alpha value is -4.22. The van der Waals surface area contributed by atoms with Crippen LogP contribution in [0.5, 0.6) is 0 Å². The van der Waals surface area contributed by atoms with E-state index >= 15 is 0 Å². The van der Waals surface area contributed by atoms with Gasteiger partial charge in [0.2, 0.25) is 0 Å². The molecule has 0 bridgehead atoms. The zero-order valence-corrected chi connectivity index (χ0v) is 48.1. The first-order chi connectivity index (χ1) is 36.6. The van der Waals surface area contributed by atoms with E-state index < -0.39 is 6.10 Å². The number of carbonyl (C=O) groups excluding carboxylic acids is 2. The van der Waals surface area contributed by atoms with Crippen LogP contribution in [0, 0.1) is 0 Å². The molecule has 0 aromatic heterocycles. The summed E-state index contributed by atoms with van der Waals surface area (Å²) < 4.78 is 17.4. The molecule has 0 aliphatic rings. The van der Waals surface area contributed by atoms with E-state index in [-0.39, 0.29) is 38.0 Å². The van der Waals surface area contributed by atoms with Gasteiger partial charge in [-0.25, -0.2) is 0 Å². The van der Waals surface area contributed by atoms with Crippen LogP contribution in [0.4, 0.5) is 0 Å². The van der Waals surface area contributed by atoms with Crippen molar-refractivity contribution >= 4 is 11.9 Å². The van der Waals surface area contributed by atoms with Crippen LogP contribution in [0.2, 0.25) is 0 Å². The average molecular weight is 1020 g/mol. The molecule has 0 spiro atoms. The summed E-state index contributed by atoms with van der Waals surface area (Å²) in [5, 5.41) is 0. The Morgan fingerprint density at radius 2 is 0.581 bits per heavy atom. The van der Waals surface area contributed by atoms with Crippen molar-refractivity contribution in [1.29, 1.82) is 0 Å². The lowest BCUT2D eigenvalue weighted by molar-refractivity contribution is -0.162. The Morgan fingerprint density at radius 1 is 0.311 bits per heavy atom. The topological polar surface area (TPSA) is 61.8 Å². The molecule has 418 valence electrons. The zero-order chi connectivity index (χ0) is 53.4. The van der Waals surface area contributed by atoms with Gasteiger partial charge in [0.1, 0.15) is 6.61 Å². The molecule has 0 saturated heterocycles. The lowest BCUT2D eigenvalue weighted by Gasteiger charge is -2.18. The number of esters is 2. The number of hydrogen-bond acceptors (Lipinski definition) is 5. The maximum atomic E-state index is 12.9. The zero-order valence-electron chi connectivity index (χ0n) is 48.1. The van der Waals surface area contributed by atoms with E-state index in [0.29, 0.717) is 19.4 Å². The van der Waals surface area contributed by atoms with E-state index in [1.165, 1.54) is 116 Å². The van der Waals surface area contributed by atoms with Crippen molar-refractivity contribution in [2.24, 2.45) is 0 Å². The van der Waals surface area contributed by atoms with Gasteiger partial charge in [0, 0.05) is 19.4 Å². The molecule has 0 aliphatic heterocycles. The van der Waals surface area contributed by atoms with E-state index in [0.717, 1.165) is 89.9 Å². The molecular weight excluding hydrogens is 909 g/mol. The molecule has 0 amide bonds.